The van der Waals surface area contributed by atoms with Crippen molar-refractivity contribution in [1.82, 2.24) is 19.5 Å². The van der Waals surface area contributed by atoms with Gasteiger partial charge in [0.25, 0.3) is 0 Å². The van der Waals surface area contributed by atoms with E-state index in [-0.39, 0.29) is 270 Å². The summed E-state index contributed by atoms with van der Waals surface area (Å²) in [4.78, 5) is 14.6. The van der Waals surface area contributed by atoms with Gasteiger partial charge in [0.1, 0.15) is 242 Å². The zero-order chi connectivity index (χ0) is 63.6. The van der Waals surface area contributed by atoms with Crippen molar-refractivity contribution in [2.75, 3.05) is 0 Å². The van der Waals surface area contributed by atoms with E-state index in [0.29, 0.717) is 0 Å². The van der Waals surface area contributed by atoms with Crippen LogP contribution in [0.3, 0.4) is 0 Å². The van der Waals surface area contributed by atoms with Crippen LogP contribution in [-0.4, -0.2) is 255 Å². The molecule has 1 aliphatic rings. The van der Waals surface area contributed by atoms with Crippen molar-refractivity contribution in [2.45, 2.75) is 11.6 Å². The second-order valence-corrected chi connectivity index (χ2v) is 21.0. The van der Waals surface area contributed by atoms with Crippen molar-refractivity contribution in [3.63, 3.8) is 0 Å². The molecule has 0 amide bonds. The number of nitrogens with zero attached hydrogens (tertiary/aromatic N) is 4. The van der Waals surface area contributed by atoms with E-state index in [1.807, 2.05) is 0 Å². The molecule has 4 aromatic heterocycles. The molecule has 7 aromatic carbocycles. The highest BCUT2D eigenvalue weighted by Gasteiger charge is 2.33. The van der Waals surface area contributed by atoms with Crippen molar-refractivity contribution in [1.29, 1.82) is 0 Å². The lowest BCUT2D eigenvalue weighted by molar-refractivity contribution is 0.674. The average Bonchev–Trinajstić information content (AvgIpc) is 1.59. The van der Waals surface area contributed by atoms with Crippen LogP contribution in [0.25, 0.3) is 111 Å². The summed E-state index contributed by atoms with van der Waals surface area (Å²) in [6, 6.07) is 0. The minimum Gasteiger partial charge on any atom is -0.457 e. The van der Waals surface area contributed by atoms with Gasteiger partial charge in [-0.25, -0.2) is 15.0 Å². The lowest BCUT2D eigenvalue weighted by Crippen LogP contribution is -2.49. The van der Waals surface area contributed by atoms with Crippen LogP contribution in [0, 0.1) is 0 Å². The largest absolute Gasteiger partial charge is 0.457 e. The van der Waals surface area contributed by atoms with Crippen LogP contribution >= 0.6 is 0 Å². The Hall–Kier alpha value is -5.62. The summed E-state index contributed by atoms with van der Waals surface area (Å²) in [7, 11) is 201. The van der Waals surface area contributed by atoms with Crippen LogP contribution in [0.15, 0.2) is 25.3 Å². The minimum absolute atomic E-state index is 0.000307. The predicted octanol–water partition coefficient (Wildman–Crippen LogP) is -19.0. The summed E-state index contributed by atoms with van der Waals surface area (Å²) in [5, 5.41) is 0.609. The first-order valence-electron chi connectivity index (χ1n) is 25.5. The van der Waals surface area contributed by atoms with Gasteiger partial charge in [-0.1, -0.05) is 105 Å². The third kappa shape index (κ3) is 8.13. The maximum absolute atomic E-state index is 7.27. The number of furan rings is 2. The highest BCUT2D eigenvalue weighted by atomic mass is 16.3. The van der Waals surface area contributed by atoms with Crippen molar-refractivity contribution in [3.8, 4) is 39.9 Å². The van der Waals surface area contributed by atoms with E-state index < -0.39 is 11.6 Å². The molecule has 0 N–H and O–H groups in total. The van der Waals surface area contributed by atoms with Crippen LogP contribution in [0.1, 0.15) is 5.56 Å². The molecule has 11 aromatic rings. The van der Waals surface area contributed by atoms with E-state index >= 15 is 0 Å². The van der Waals surface area contributed by atoms with Crippen LogP contribution in [0.2, 0.25) is 11.6 Å². The van der Waals surface area contributed by atoms with Crippen LogP contribution in [0.5, 0.6) is 0 Å². The van der Waals surface area contributed by atoms with E-state index in [2.05, 4.69) is 0 Å². The summed E-state index contributed by atoms with van der Waals surface area (Å²) in [6.45, 7) is 0. The van der Waals surface area contributed by atoms with Gasteiger partial charge in [0.05, 0.1) is 15.7 Å². The maximum Gasteiger partial charge on any atom is 0.163 e. The van der Waals surface area contributed by atoms with E-state index in [9.17, 15) is 0 Å². The smallest absolute Gasteiger partial charge is 0.163 e. The van der Waals surface area contributed by atoms with Gasteiger partial charge in [0.15, 0.2) is 17.5 Å². The Kier molecular flexibility index (Phi) is 14.9. The zero-order valence-electron chi connectivity index (χ0n) is 45.6. The Morgan fingerprint density at radius 2 is 0.552 bits per heavy atom. The number of aromatic nitrogens is 4. The molecule has 6 nitrogen and oxygen atoms in total. The van der Waals surface area contributed by atoms with Gasteiger partial charge in [-0.3, -0.25) is 0 Å². The van der Waals surface area contributed by atoms with Crippen molar-refractivity contribution < 1.29 is 8.83 Å². The first-order chi connectivity index (χ1) is 40.7. The molecule has 60 radical (unpaired) electrons. The standard InChI is InChI=1S/C51H2B30N4O2/c52-12-1(2-14(54)28(68)33(73)29(69)15(2)55)13(53)27(67)23(63)9(12)49-82-50(10-21(61)18(58)5-6-20(60)32(72)36(76)40(80)47(6)86-45(5)25(10)65)84-51(83-49)11-22(62)19(59)7-8-24(64)44(39(79)41(81)48(8)87-46(7)26(11)66)85-42-3(16(56)30(70)34(74)37(42)77)4-17(57)31(71)35(75)38(78)43(4)85/h14,28H. The van der Waals surface area contributed by atoms with Gasteiger partial charge in [-0.2, -0.15) is 0 Å². The molecule has 0 bridgehead atoms. The summed E-state index contributed by atoms with van der Waals surface area (Å²) in [5.41, 5.74) is -5.14. The van der Waals surface area contributed by atoms with Crippen molar-refractivity contribution >= 4 is 443 Å². The lowest BCUT2D eigenvalue weighted by atomic mass is 9.46. The number of benzene rings is 7. The molecular weight excluding hydrogens is 1020 g/mol. The maximum atomic E-state index is 7.27. The fourth-order valence-corrected chi connectivity index (χ4v) is 11.8. The van der Waals surface area contributed by atoms with E-state index in [1.54, 1.807) is 0 Å². The Morgan fingerprint density at radius 1 is 0.253 bits per heavy atom. The first-order valence-corrected chi connectivity index (χ1v) is 25.5. The summed E-state index contributed by atoms with van der Waals surface area (Å²) >= 11 is 0. The second kappa shape index (κ2) is 21.0. The van der Waals surface area contributed by atoms with Gasteiger partial charge >= 0.3 is 0 Å². The molecular formula is C51H2B30N4O2. The predicted molar refractivity (Wildman–Crippen MR) is 390 cm³/mol. The first kappa shape index (κ1) is 61.6. The number of hydrogen-bond acceptors (Lipinski definition) is 5. The average molecular weight is 1030 g/mol. The quantitative estimate of drug-likeness (QED) is 0.161. The molecule has 87 heavy (non-hydrogen) atoms. The molecule has 0 saturated heterocycles. The van der Waals surface area contributed by atoms with Gasteiger partial charge in [0, 0.05) is 55.0 Å². The normalized spacial score (nSPS) is 14.8. The van der Waals surface area contributed by atoms with Gasteiger partial charge in [-0.15, -0.1) is 54.7 Å². The monoisotopic (exact) mass is 1030 g/mol. The fraction of sp³-hybridized carbons (Fsp3) is 0.0392. The third-order valence-electron chi connectivity index (χ3n) is 16.6. The number of allylic oxidation sites excluding steroid dienone is 4. The zero-order valence-corrected chi connectivity index (χ0v) is 45.6. The van der Waals surface area contributed by atoms with Gasteiger partial charge < -0.3 is 13.4 Å². The molecule has 12 rings (SSSR count). The van der Waals surface area contributed by atoms with Crippen LogP contribution in [-0.2, 0) is 0 Å². The molecule has 0 aliphatic heterocycles. The summed E-state index contributed by atoms with van der Waals surface area (Å²) < 4.78 is 14.2. The Labute approximate surface area is 541 Å². The molecule has 0 saturated carbocycles. The lowest BCUT2D eigenvalue weighted by Gasteiger charge is -2.37. The molecule has 2 unspecified atom stereocenters. The molecule has 0 spiro atoms. The number of hydrogen-bond donors (Lipinski definition) is 0. The Balaban J connectivity index is 1.19. The molecule has 36 heteroatoms. The highest BCUT2D eigenvalue weighted by Crippen LogP contribution is 2.44. The fourth-order valence-electron chi connectivity index (χ4n) is 11.8. The number of fused-ring (bicyclic) bond motifs is 9. The molecule has 2 atom stereocenters. The van der Waals surface area contributed by atoms with E-state index in [0.717, 1.165) is 0 Å². The Bertz CT molecular complexity index is 5120. The van der Waals surface area contributed by atoms with Crippen molar-refractivity contribution in [2.24, 2.45) is 0 Å². The highest BCUT2D eigenvalue weighted by molar-refractivity contribution is 6.74. The molecule has 1 aliphatic carbocycles. The van der Waals surface area contributed by atoms with Gasteiger partial charge in [-0.05, 0) is 27.3 Å². The van der Waals surface area contributed by atoms with Crippen LogP contribution < -0.4 is 137 Å². The van der Waals surface area contributed by atoms with Crippen LogP contribution in [0.4, 0.5) is 0 Å². The Morgan fingerprint density at radius 3 is 0.977 bits per heavy atom. The van der Waals surface area contributed by atoms with Gasteiger partial charge in [0.2, 0.25) is 0 Å². The third-order valence-corrected chi connectivity index (χ3v) is 16.6. The second-order valence-electron chi connectivity index (χ2n) is 21.0. The molecule has 328 valence electrons. The minimum atomic E-state index is -1.17. The van der Waals surface area contributed by atoms with E-state index in [1.165, 1.54) is 4.57 Å². The molecule has 0 fully saturated rings. The van der Waals surface area contributed by atoms with E-state index in [4.69, 9.17) is 259 Å². The summed E-state index contributed by atoms with van der Waals surface area (Å²) in [5.74, 6) is -3.40. The van der Waals surface area contributed by atoms with Crippen molar-refractivity contribution in [3.05, 3.63) is 22.0 Å². The summed E-state index contributed by atoms with van der Waals surface area (Å²) in [6.07, 6.45) is 0. The molecule has 4 heterocycles. The number of rotatable bonds is 5. The topological polar surface area (TPSA) is 69.9 Å². The SMILES string of the molecule is [B]C1=C([B])C([B])C([B])C(c2c([B])c([B])c([B])c(-c3nc(-c4c([B])c([B])c5c(oc6c([B])c([B])c([B])c([B])c65)c4[B])nc(-c4c([B])c([B])c5c(oc6c([B])c([B])c(-n7c8c([B])c([B])c([B])c([B])c8c8c([B])c([B])c([B])c([B])c87)c([B])c65)c4[B])n3)c2[B])=C1[B].